The van der Waals surface area contributed by atoms with Crippen molar-refractivity contribution >= 4 is 50.9 Å². The Balaban J connectivity index is 1.93. The normalized spacial score (nSPS) is 11.3. The smallest absolute Gasteiger partial charge is 0.270 e. The van der Waals surface area contributed by atoms with Crippen molar-refractivity contribution in [3.8, 4) is 5.75 Å². The standard InChI is InChI=1S/C15H11N3O3S2/c1-22-15-17-12-4-2-10(7-14(12)23-15)16-8-9-6-11(18(20)21)3-5-13(9)19/h2-8,19H,1H3/p-1. The lowest BCUT2D eigenvalue weighted by molar-refractivity contribution is -0.385. The first kappa shape index (κ1) is 15.4. The minimum Gasteiger partial charge on any atom is -0.872 e. The number of aromatic nitrogens is 1. The molecule has 0 aliphatic carbocycles. The van der Waals surface area contributed by atoms with Gasteiger partial charge in [0.05, 0.1) is 20.8 Å². The molecule has 0 saturated heterocycles. The fourth-order valence-electron chi connectivity index (χ4n) is 1.95. The number of nitrogens with zero attached hydrogens (tertiary/aromatic N) is 3. The number of rotatable bonds is 4. The van der Waals surface area contributed by atoms with E-state index in [4.69, 9.17) is 0 Å². The molecule has 0 N–H and O–H groups in total. The van der Waals surface area contributed by atoms with Crippen LogP contribution in [0.3, 0.4) is 0 Å². The summed E-state index contributed by atoms with van der Waals surface area (Å²) in [6.07, 6.45) is 3.32. The van der Waals surface area contributed by atoms with Crippen molar-refractivity contribution in [3.05, 3.63) is 52.1 Å². The van der Waals surface area contributed by atoms with Crippen LogP contribution in [0.1, 0.15) is 5.56 Å². The number of non-ortho nitro benzene ring substituents is 1. The summed E-state index contributed by atoms with van der Waals surface area (Å²) < 4.78 is 1.98. The number of nitro benzene ring substituents is 1. The van der Waals surface area contributed by atoms with Crippen molar-refractivity contribution in [2.45, 2.75) is 4.34 Å². The summed E-state index contributed by atoms with van der Waals surface area (Å²) >= 11 is 3.15. The maximum absolute atomic E-state index is 11.7. The number of nitro groups is 1. The largest absolute Gasteiger partial charge is 0.872 e. The van der Waals surface area contributed by atoms with Crippen LogP contribution in [-0.2, 0) is 0 Å². The molecule has 3 rings (SSSR count). The number of benzene rings is 2. The van der Waals surface area contributed by atoms with Gasteiger partial charge in [-0.3, -0.25) is 15.1 Å². The van der Waals surface area contributed by atoms with Crippen molar-refractivity contribution in [2.24, 2.45) is 4.99 Å². The molecule has 23 heavy (non-hydrogen) atoms. The van der Waals surface area contributed by atoms with E-state index in [1.165, 1.54) is 24.4 Å². The van der Waals surface area contributed by atoms with Crippen LogP contribution >= 0.6 is 23.1 Å². The Labute approximate surface area is 139 Å². The second kappa shape index (κ2) is 6.35. The van der Waals surface area contributed by atoms with Gasteiger partial charge in [-0.05, 0) is 30.0 Å². The fourth-order valence-corrected chi connectivity index (χ4v) is 3.48. The number of hydrogen-bond acceptors (Lipinski definition) is 7. The average molecular weight is 344 g/mol. The van der Waals surface area contributed by atoms with Gasteiger partial charge in [0.1, 0.15) is 0 Å². The highest BCUT2D eigenvalue weighted by atomic mass is 32.2. The third-order valence-corrected chi connectivity index (χ3v) is 5.09. The van der Waals surface area contributed by atoms with Crippen LogP contribution in [0, 0.1) is 10.1 Å². The highest BCUT2D eigenvalue weighted by molar-refractivity contribution is 8.00. The van der Waals surface area contributed by atoms with Crippen LogP contribution in [0.4, 0.5) is 11.4 Å². The molecule has 3 aromatic rings. The first-order chi connectivity index (χ1) is 11.1. The second-order valence-corrected chi connectivity index (χ2v) is 6.66. The van der Waals surface area contributed by atoms with E-state index in [9.17, 15) is 15.2 Å². The van der Waals surface area contributed by atoms with E-state index in [1.54, 1.807) is 29.2 Å². The third-order valence-electron chi connectivity index (χ3n) is 3.08. The molecule has 0 fully saturated rings. The fraction of sp³-hybridized carbons (Fsp3) is 0.0667. The highest BCUT2D eigenvalue weighted by Crippen LogP contribution is 2.31. The van der Waals surface area contributed by atoms with Gasteiger partial charge < -0.3 is 5.11 Å². The number of hydrogen-bond donors (Lipinski definition) is 0. The zero-order valence-electron chi connectivity index (χ0n) is 11.9. The molecule has 0 aliphatic heterocycles. The maximum Gasteiger partial charge on any atom is 0.270 e. The Morgan fingerprint density at radius 1 is 1.30 bits per heavy atom. The van der Waals surface area contributed by atoms with E-state index in [-0.39, 0.29) is 17.0 Å². The van der Waals surface area contributed by atoms with Crippen LogP contribution in [0.5, 0.6) is 5.75 Å². The van der Waals surface area contributed by atoms with Crippen LogP contribution < -0.4 is 5.11 Å². The molecule has 0 saturated carbocycles. The molecule has 0 radical (unpaired) electrons. The van der Waals surface area contributed by atoms with E-state index >= 15 is 0 Å². The molecule has 0 bridgehead atoms. The van der Waals surface area contributed by atoms with Gasteiger partial charge in [-0.1, -0.05) is 23.6 Å². The molecule has 0 atom stereocenters. The molecule has 8 heteroatoms. The Morgan fingerprint density at radius 3 is 2.87 bits per heavy atom. The summed E-state index contributed by atoms with van der Waals surface area (Å²) in [6.45, 7) is 0. The van der Waals surface area contributed by atoms with Crippen molar-refractivity contribution in [1.82, 2.24) is 4.98 Å². The first-order valence-electron chi connectivity index (χ1n) is 6.51. The Morgan fingerprint density at radius 2 is 2.13 bits per heavy atom. The molecule has 2 aromatic carbocycles. The van der Waals surface area contributed by atoms with Gasteiger partial charge in [0.15, 0.2) is 4.34 Å². The molecule has 0 amide bonds. The zero-order valence-corrected chi connectivity index (χ0v) is 13.6. The number of aliphatic imine (C=N–C) groups is 1. The lowest BCUT2D eigenvalue weighted by Crippen LogP contribution is -1.98. The van der Waals surface area contributed by atoms with Crippen molar-refractivity contribution in [2.75, 3.05) is 6.26 Å². The number of thioether (sulfide) groups is 1. The van der Waals surface area contributed by atoms with Crippen LogP contribution in [0.25, 0.3) is 10.2 Å². The SMILES string of the molecule is CSc1nc2ccc(N=Cc3cc([N+](=O)[O-])ccc3[O-])cc2s1. The first-order valence-corrected chi connectivity index (χ1v) is 8.55. The van der Waals surface area contributed by atoms with Gasteiger partial charge >= 0.3 is 0 Å². The molecule has 0 spiro atoms. The van der Waals surface area contributed by atoms with Crippen LogP contribution in [-0.4, -0.2) is 22.4 Å². The molecule has 0 unspecified atom stereocenters. The summed E-state index contributed by atoms with van der Waals surface area (Å²) in [4.78, 5) is 18.9. The predicted molar refractivity (Wildman–Crippen MR) is 91.2 cm³/mol. The van der Waals surface area contributed by atoms with E-state index in [0.29, 0.717) is 5.69 Å². The van der Waals surface area contributed by atoms with Crippen molar-refractivity contribution in [3.63, 3.8) is 0 Å². The Kier molecular flexibility index (Phi) is 4.26. The molecule has 0 aliphatic rings. The lowest BCUT2D eigenvalue weighted by Gasteiger charge is -2.08. The molecular weight excluding hydrogens is 334 g/mol. The Hall–Kier alpha value is -2.45. The average Bonchev–Trinajstić information content (AvgIpc) is 2.96. The number of fused-ring (bicyclic) bond motifs is 1. The Bertz CT molecular complexity index is 921. The molecule has 1 heterocycles. The van der Waals surface area contributed by atoms with Crippen molar-refractivity contribution < 1.29 is 10.0 Å². The zero-order chi connectivity index (χ0) is 16.4. The highest BCUT2D eigenvalue weighted by Gasteiger charge is 2.06. The summed E-state index contributed by atoms with van der Waals surface area (Å²) in [5, 5.41) is 22.5. The molecular formula is C15H10N3O3S2-. The van der Waals surface area contributed by atoms with Gasteiger partial charge in [0.2, 0.25) is 0 Å². The summed E-state index contributed by atoms with van der Waals surface area (Å²) in [5.41, 5.74) is 1.62. The van der Waals surface area contributed by atoms with Crippen LogP contribution in [0.2, 0.25) is 0 Å². The second-order valence-electron chi connectivity index (χ2n) is 4.57. The number of thiazole rings is 1. The van der Waals surface area contributed by atoms with Gasteiger partial charge in [-0.2, -0.15) is 0 Å². The minimum atomic E-state index is -0.538. The van der Waals surface area contributed by atoms with Gasteiger partial charge in [0.25, 0.3) is 5.69 Å². The van der Waals surface area contributed by atoms with Gasteiger partial charge in [0, 0.05) is 18.3 Å². The minimum absolute atomic E-state index is 0.131. The summed E-state index contributed by atoms with van der Waals surface area (Å²) in [5.74, 6) is -0.303. The van der Waals surface area contributed by atoms with Crippen molar-refractivity contribution in [1.29, 1.82) is 0 Å². The van der Waals surface area contributed by atoms with Gasteiger partial charge in [-0.15, -0.1) is 11.3 Å². The van der Waals surface area contributed by atoms with E-state index < -0.39 is 4.92 Å². The molecule has 116 valence electrons. The molecule has 6 nitrogen and oxygen atoms in total. The topological polar surface area (TPSA) is 91.5 Å². The molecule has 1 aromatic heterocycles. The van der Waals surface area contributed by atoms with E-state index in [2.05, 4.69) is 9.98 Å². The van der Waals surface area contributed by atoms with Crippen LogP contribution in [0.15, 0.2) is 45.7 Å². The monoisotopic (exact) mass is 344 g/mol. The van der Waals surface area contributed by atoms with E-state index in [1.807, 2.05) is 18.4 Å². The third kappa shape index (κ3) is 3.33. The summed E-state index contributed by atoms with van der Waals surface area (Å²) in [6, 6.07) is 9.13. The predicted octanol–water partition coefficient (Wildman–Crippen LogP) is 3.75. The lowest BCUT2D eigenvalue weighted by atomic mass is 10.2. The summed E-state index contributed by atoms with van der Waals surface area (Å²) in [7, 11) is 0. The maximum atomic E-state index is 11.7. The van der Waals surface area contributed by atoms with E-state index in [0.717, 1.165) is 14.6 Å². The van der Waals surface area contributed by atoms with Gasteiger partial charge in [-0.25, -0.2) is 4.98 Å². The quantitative estimate of drug-likeness (QED) is 0.311.